The molecule has 9 nitrogen and oxygen atoms in total. The van der Waals surface area contributed by atoms with Gasteiger partial charge in [-0.2, -0.15) is 26.3 Å². The molecule has 232 valence electrons. The van der Waals surface area contributed by atoms with Crippen molar-refractivity contribution in [1.82, 2.24) is 20.1 Å². The number of carboxylic acid groups (broad SMARTS) is 2. The molecule has 1 amide bonds. The number of nitrogens with one attached hydrogen (secondary N) is 1. The molecule has 3 aliphatic heterocycles. The average molecular weight is 625 g/mol. The van der Waals surface area contributed by atoms with Gasteiger partial charge in [-0.1, -0.05) is 12.1 Å². The number of carboxylic acids is 2. The lowest BCUT2D eigenvalue weighted by Crippen LogP contribution is -2.52. The Balaban J connectivity index is 0.000000289. The van der Waals surface area contributed by atoms with Crippen molar-refractivity contribution in [2.45, 2.75) is 44.7 Å². The second-order valence-corrected chi connectivity index (χ2v) is 11.4. The Morgan fingerprint density at radius 3 is 2.00 bits per heavy atom. The maximum Gasteiger partial charge on any atom is 0.490 e. The molecule has 3 aliphatic rings. The Labute approximate surface area is 241 Å². The summed E-state index contributed by atoms with van der Waals surface area (Å²) < 4.78 is 63.5. The van der Waals surface area contributed by atoms with Crippen molar-refractivity contribution in [2.24, 2.45) is 10.8 Å². The molecule has 2 aromatic rings. The van der Waals surface area contributed by atoms with Crippen LogP contribution in [0, 0.1) is 10.8 Å². The number of fused-ring (bicyclic) bond motifs is 1. The van der Waals surface area contributed by atoms with E-state index in [0.29, 0.717) is 5.91 Å². The fourth-order valence-electron chi connectivity index (χ4n) is 5.77. The molecule has 0 bridgehead atoms. The van der Waals surface area contributed by atoms with Crippen LogP contribution in [-0.4, -0.2) is 87.9 Å². The van der Waals surface area contributed by atoms with Crippen molar-refractivity contribution < 1.29 is 50.9 Å². The van der Waals surface area contributed by atoms with Crippen LogP contribution in [0.2, 0.25) is 0 Å². The fraction of sp³-hybridized carbons (Fsp3) is 0.538. The molecule has 16 heteroatoms. The topological polar surface area (TPSA) is 123 Å². The van der Waals surface area contributed by atoms with Crippen LogP contribution in [0.3, 0.4) is 0 Å². The number of nitrogens with zero attached hydrogens (tertiary/aromatic N) is 3. The summed E-state index contributed by atoms with van der Waals surface area (Å²) in [5.74, 6) is -5.21. The van der Waals surface area contributed by atoms with E-state index in [4.69, 9.17) is 19.8 Å². The molecule has 0 aliphatic carbocycles. The van der Waals surface area contributed by atoms with Gasteiger partial charge < -0.3 is 15.5 Å². The molecule has 5 rings (SSSR count). The van der Waals surface area contributed by atoms with Crippen molar-refractivity contribution in [1.29, 1.82) is 0 Å². The number of halogens is 6. The second kappa shape index (κ2) is 13.4. The summed E-state index contributed by atoms with van der Waals surface area (Å²) in [5, 5.41) is 19.6. The number of aliphatic carboxylic acids is 2. The number of carbonyl (C=O) groups is 3. The summed E-state index contributed by atoms with van der Waals surface area (Å²) >= 11 is 1.84. The molecule has 3 N–H and O–H groups in total. The molecular weight excluding hydrogens is 594 g/mol. The zero-order chi connectivity index (χ0) is 31.2. The minimum atomic E-state index is -5.08. The molecule has 0 radical (unpaired) electrons. The lowest BCUT2D eigenvalue weighted by molar-refractivity contribution is -0.193. The standard InChI is InChI=1S/C22H28N4OS.2C2HF3O2/c27-20-22(5-9-24-20)17-26(14-18-3-1-8-23-13-18)16-21(22)6-10-25(11-7-21)15-19-4-2-12-28-19;2*3-2(4,5)1(6)7/h1-4,8,12-13H,5-7,9-11,14-17H2,(H,24,27);2*(H,6,7). The zero-order valence-electron chi connectivity index (χ0n) is 22.2. The van der Waals surface area contributed by atoms with Gasteiger partial charge in [0.2, 0.25) is 5.91 Å². The fourth-order valence-corrected chi connectivity index (χ4v) is 6.52. The monoisotopic (exact) mass is 624 g/mol. The van der Waals surface area contributed by atoms with Crippen LogP contribution in [0.25, 0.3) is 0 Å². The van der Waals surface area contributed by atoms with Crippen LogP contribution in [0.1, 0.15) is 29.7 Å². The van der Waals surface area contributed by atoms with Gasteiger partial charge >= 0.3 is 24.3 Å². The van der Waals surface area contributed by atoms with E-state index in [9.17, 15) is 31.1 Å². The zero-order valence-corrected chi connectivity index (χ0v) is 23.1. The predicted molar refractivity (Wildman–Crippen MR) is 138 cm³/mol. The van der Waals surface area contributed by atoms with Gasteiger partial charge in [0.15, 0.2) is 0 Å². The van der Waals surface area contributed by atoms with E-state index >= 15 is 0 Å². The number of amides is 1. The summed E-state index contributed by atoms with van der Waals surface area (Å²) in [6, 6.07) is 8.51. The number of thiophene rings is 1. The Morgan fingerprint density at radius 2 is 1.55 bits per heavy atom. The molecule has 1 unspecified atom stereocenters. The predicted octanol–water partition coefficient (Wildman–Crippen LogP) is 4.01. The van der Waals surface area contributed by atoms with Crippen LogP contribution < -0.4 is 5.32 Å². The Hall–Kier alpha value is -3.24. The van der Waals surface area contributed by atoms with Gasteiger partial charge in [-0.15, -0.1) is 11.3 Å². The normalized spacial score (nSPS) is 22.2. The molecule has 3 saturated heterocycles. The van der Waals surface area contributed by atoms with Gasteiger partial charge in [-0.3, -0.25) is 19.6 Å². The molecule has 3 fully saturated rings. The Morgan fingerprint density at radius 1 is 0.929 bits per heavy atom. The third-order valence-electron chi connectivity index (χ3n) is 7.69. The first-order valence-electron chi connectivity index (χ1n) is 12.8. The molecule has 5 heterocycles. The number of likely N-dealkylation sites (tertiary alicyclic amines) is 2. The van der Waals surface area contributed by atoms with E-state index in [1.807, 2.05) is 29.8 Å². The SMILES string of the molecule is O=C(O)C(F)(F)F.O=C(O)C(F)(F)F.O=C1NCCC12CN(Cc1cccnc1)CC21CCN(Cc2cccs2)CC1. The van der Waals surface area contributed by atoms with Crippen LogP contribution in [0.4, 0.5) is 26.3 Å². The van der Waals surface area contributed by atoms with Gasteiger partial charge in [-0.05, 0) is 55.4 Å². The van der Waals surface area contributed by atoms with E-state index < -0.39 is 24.3 Å². The number of hydrogen-bond acceptors (Lipinski definition) is 7. The van der Waals surface area contributed by atoms with Gasteiger partial charge in [0.25, 0.3) is 0 Å². The number of piperidine rings is 1. The largest absolute Gasteiger partial charge is 0.490 e. The molecule has 0 aromatic carbocycles. The van der Waals surface area contributed by atoms with Gasteiger partial charge in [-0.25, -0.2) is 9.59 Å². The lowest BCUT2D eigenvalue weighted by Gasteiger charge is -2.46. The molecule has 2 aromatic heterocycles. The smallest absolute Gasteiger partial charge is 0.475 e. The van der Waals surface area contributed by atoms with Gasteiger partial charge in [0.1, 0.15) is 0 Å². The summed E-state index contributed by atoms with van der Waals surface area (Å²) in [7, 11) is 0. The number of aromatic nitrogens is 1. The van der Waals surface area contributed by atoms with Gasteiger partial charge in [0.05, 0.1) is 5.41 Å². The number of rotatable bonds is 4. The summed E-state index contributed by atoms with van der Waals surface area (Å²) in [6.45, 7) is 6.87. The molecule has 0 saturated carbocycles. The highest BCUT2D eigenvalue weighted by Gasteiger charge is 2.63. The minimum Gasteiger partial charge on any atom is -0.475 e. The molecular formula is C26H30F6N4O5S. The third kappa shape index (κ3) is 8.19. The summed E-state index contributed by atoms with van der Waals surface area (Å²) in [4.78, 5) is 41.6. The van der Waals surface area contributed by atoms with Crippen molar-refractivity contribution in [2.75, 3.05) is 32.7 Å². The number of alkyl halides is 6. The van der Waals surface area contributed by atoms with Crippen molar-refractivity contribution in [3.63, 3.8) is 0 Å². The number of carbonyl (C=O) groups excluding carboxylic acids is 1. The second-order valence-electron chi connectivity index (χ2n) is 10.3. The van der Waals surface area contributed by atoms with E-state index in [2.05, 4.69) is 43.7 Å². The number of pyridine rings is 1. The van der Waals surface area contributed by atoms with Crippen molar-refractivity contribution in [3.05, 3.63) is 52.5 Å². The highest BCUT2D eigenvalue weighted by Crippen LogP contribution is 2.56. The maximum absolute atomic E-state index is 13.0. The van der Waals surface area contributed by atoms with Crippen LogP contribution >= 0.6 is 11.3 Å². The highest BCUT2D eigenvalue weighted by molar-refractivity contribution is 7.09. The first kappa shape index (κ1) is 33.3. The quantitative estimate of drug-likeness (QED) is 0.437. The number of hydrogen-bond donors (Lipinski definition) is 3. The van der Waals surface area contributed by atoms with E-state index in [0.717, 1.165) is 65.1 Å². The summed E-state index contributed by atoms with van der Waals surface area (Å²) in [6.07, 6.45) is -3.16. The van der Waals surface area contributed by atoms with Crippen molar-refractivity contribution in [3.8, 4) is 0 Å². The van der Waals surface area contributed by atoms with Crippen molar-refractivity contribution >= 4 is 29.2 Å². The first-order chi connectivity index (χ1) is 19.6. The minimum absolute atomic E-state index is 0.113. The Bertz CT molecular complexity index is 1180. The molecule has 42 heavy (non-hydrogen) atoms. The molecule has 1 atom stereocenters. The van der Waals surface area contributed by atoms with Gasteiger partial charge in [0, 0.05) is 55.4 Å². The average Bonchev–Trinajstić information content (AvgIpc) is 3.62. The first-order valence-corrected chi connectivity index (χ1v) is 13.7. The van der Waals surface area contributed by atoms with E-state index in [1.165, 1.54) is 10.4 Å². The Kier molecular flexibility index (Phi) is 10.6. The highest BCUT2D eigenvalue weighted by atomic mass is 32.1. The summed E-state index contributed by atoms with van der Waals surface area (Å²) in [5.41, 5.74) is 1.15. The van der Waals surface area contributed by atoms with E-state index in [-0.39, 0.29) is 10.8 Å². The van der Waals surface area contributed by atoms with E-state index in [1.54, 1.807) is 0 Å². The third-order valence-corrected chi connectivity index (χ3v) is 8.55. The van der Waals surface area contributed by atoms with Crippen LogP contribution in [0.5, 0.6) is 0 Å². The van der Waals surface area contributed by atoms with Crippen LogP contribution in [-0.2, 0) is 27.5 Å². The maximum atomic E-state index is 13.0. The lowest BCUT2D eigenvalue weighted by atomic mass is 9.60. The van der Waals surface area contributed by atoms with Crippen LogP contribution in [0.15, 0.2) is 42.0 Å². The molecule has 2 spiro atoms.